The van der Waals surface area contributed by atoms with Gasteiger partial charge in [0.05, 0.1) is 0 Å². The number of benzene rings is 1. The minimum absolute atomic E-state index is 0.170. The largest absolute Gasteiger partial charge is 0.320 e. The molecule has 0 aliphatic carbocycles. The van der Waals surface area contributed by atoms with E-state index in [0.717, 1.165) is 15.9 Å². The molecule has 1 N–H and O–H groups in total. The predicted octanol–water partition coefficient (Wildman–Crippen LogP) is 3.47. The van der Waals surface area contributed by atoms with Gasteiger partial charge in [0, 0.05) is 21.2 Å². The standard InChI is InChI=1S/C11H9BrN2OS/c1-7-6-16-11(13-7)10(15)14-9-4-2-3-8(12)5-9/h2-6H,1H3,(H,14,15). The number of anilines is 1. The van der Waals surface area contributed by atoms with E-state index in [1.165, 1.54) is 11.3 Å². The number of amides is 1. The third kappa shape index (κ3) is 2.68. The number of halogens is 1. The van der Waals surface area contributed by atoms with Crippen LogP contribution in [0.25, 0.3) is 0 Å². The SMILES string of the molecule is Cc1csc(C(=O)Nc2cccc(Br)c2)n1. The third-order valence-corrected chi connectivity index (χ3v) is 3.35. The number of carbonyl (C=O) groups excluding carboxylic acids is 1. The number of nitrogens with one attached hydrogen (secondary N) is 1. The van der Waals surface area contributed by atoms with E-state index in [1.807, 2.05) is 36.6 Å². The highest BCUT2D eigenvalue weighted by atomic mass is 79.9. The van der Waals surface area contributed by atoms with Crippen LogP contribution in [0.1, 0.15) is 15.5 Å². The van der Waals surface area contributed by atoms with Gasteiger partial charge in [-0.3, -0.25) is 4.79 Å². The molecule has 1 heterocycles. The van der Waals surface area contributed by atoms with Gasteiger partial charge >= 0.3 is 0 Å². The molecular formula is C11H9BrN2OS. The fraction of sp³-hybridized carbons (Fsp3) is 0.0909. The highest BCUT2D eigenvalue weighted by molar-refractivity contribution is 9.10. The van der Waals surface area contributed by atoms with Crippen LogP contribution in [0.2, 0.25) is 0 Å². The number of hydrogen-bond donors (Lipinski definition) is 1. The molecule has 0 bridgehead atoms. The molecular weight excluding hydrogens is 288 g/mol. The second-order valence-electron chi connectivity index (χ2n) is 3.26. The molecule has 1 amide bonds. The zero-order chi connectivity index (χ0) is 11.5. The van der Waals surface area contributed by atoms with Crippen LogP contribution in [-0.2, 0) is 0 Å². The van der Waals surface area contributed by atoms with Crippen LogP contribution >= 0.6 is 27.3 Å². The Kier molecular flexibility index (Phi) is 3.36. The van der Waals surface area contributed by atoms with E-state index in [0.29, 0.717) is 5.01 Å². The van der Waals surface area contributed by atoms with Crippen molar-refractivity contribution in [1.29, 1.82) is 0 Å². The Bertz CT molecular complexity index is 524. The molecule has 0 saturated heterocycles. The number of nitrogens with zero attached hydrogens (tertiary/aromatic N) is 1. The highest BCUT2D eigenvalue weighted by Gasteiger charge is 2.09. The summed E-state index contributed by atoms with van der Waals surface area (Å²) in [5, 5.41) is 5.13. The van der Waals surface area contributed by atoms with Crippen molar-refractivity contribution in [3.63, 3.8) is 0 Å². The van der Waals surface area contributed by atoms with Crippen molar-refractivity contribution in [2.24, 2.45) is 0 Å². The summed E-state index contributed by atoms with van der Waals surface area (Å²) in [5.74, 6) is -0.170. The van der Waals surface area contributed by atoms with Gasteiger partial charge in [-0.2, -0.15) is 0 Å². The van der Waals surface area contributed by atoms with Gasteiger partial charge in [-0.25, -0.2) is 4.98 Å². The number of aryl methyl sites for hydroxylation is 1. The topological polar surface area (TPSA) is 42.0 Å². The Hall–Kier alpha value is -1.20. The second kappa shape index (κ2) is 4.76. The first-order valence-corrected chi connectivity index (χ1v) is 6.31. The van der Waals surface area contributed by atoms with E-state index < -0.39 is 0 Å². The minimum Gasteiger partial charge on any atom is -0.320 e. The van der Waals surface area contributed by atoms with Crippen molar-refractivity contribution in [2.75, 3.05) is 5.32 Å². The normalized spacial score (nSPS) is 10.1. The molecule has 2 rings (SSSR count). The fourth-order valence-electron chi connectivity index (χ4n) is 1.21. The molecule has 0 radical (unpaired) electrons. The van der Waals surface area contributed by atoms with Crippen LogP contribution in [0.3, 0.4) is 0 Å². The first-order valence-electron chi connectivity index (χ1n) is 4.64. The van der Waals surface area contributed by atoms with Crippen LogP contribution in [0.4, 0.5) is 5.69 Å². The van der Waals surface area contributed by atoms with Crippen LogP contribution in [0.5, 0.6) is 0 Å². The zero-order valence-electron chi connectivity index (χ0n) is 8.53. The summed E-state index contributed by atoms with van der Waals surface area (Å²) in [5.41, 5.74) is 1.62. The van der Waals surface area contributed by atoms with Gasteiger partial charge in [0.25, 0.3) is 5.91 Å². The fourth-order valence-corrected chi connectivity index (χ4v) is 2.30. The van der Waals surface area contributed by atoms with Crippen molar-refractivity contribution in [3.05, 3.63) is 44.8 Å². The maximum Gasteiger partial charge on any atom is 0.284 e. The van der Waals surface area contributed by atoms with E-state index in [-0.39, 0.29) is 5.91 Å². The van der Waals surface area contributed by atoms with Crippen LogP contribution in [0.15, 0.2) is 34.1 Å². The Morgan fingerprint density at radius 2 is 2.31 bits per heavy atom. The number of thiazole rings is 1. The van der Waals surface area contributed by atoms with E-state index in [2.05, 4.69) is 26.2 Å². The van der Waals surface area contributed by atoms with Gasteiger partial charge in [-0.1, -0.05) is 22.0 Å². The molecule has 1 aromatic carbocycles. The van der Waals surface area contributed by atoms with Crippen LogP contribution in [-0.4, -0.2) is 10.9 Å². The molecule has 3 nitrogen and oxygen atoms in total. The lowest BCUT2D eigenvalue weighted by Gasteiger charge is -2.02. The van der Waals surface area contributed by atoms with E-state index in [4.69, 9.17) is 0 Å². The molecule has 0 fully saturated rings. The summed E-state index contributed by atoms with van der Waals surface area (Å²) in [7, 11) is 0. The number of carbonyl (C=O) groups is 1. The molecule has 0 aliphatic rings. The molecule has 0 saturated carbocycles. The maximum absolute atomic E-state index is 11.8. The lowest BCUT2D eigenvalue weighted by atomic mass is 10.3. The summed E-state index contributed by atoms with van der Waals surface area (Å²) >= 11 is 4.69. The van der Waals surface area contributed by atoms with Gasteiger partial charge < -0.3 is 5.32 Å². The van der Waals surface area contributed by atoms with Crippen molar-refractivity contribution >= 4 is 38.9 Å². The smallest absolute Gasteiger partial charge is 0.284 e. The highest BCUT2D eigenvalue weighted by Crippen LogP contribution is 2.17. The van der Waals surface area contributed by atoms with Crippen molar-refractivity contribution in [2.45, 2.75) is 6.92 Å². The third-order valence-electron chi connectivity index (χ3n) is 1.90. The molecule has 0 atom stereocenters. The van der Waals surface area contributed by atoms with Crippen LogP contribution < -0.4 is 5.32 Å². The van der Waals surface area contributed by atoms with Gasteiger partial charge in [0.15, 0.2) is 5.01 Å². The first-order chi connectivity index (χ1) is 7.65. The second-order valence-corrected chi connectivity index (χ2v) is 5.03. The summed E-state index contributed by atoms with van der Waals surface area (Å²) in [6, 6.07) is 7.46. The summed E-state index contributed by atoms with van der Waals surface area (Å²) in [4.78, 5) is 15.9. The Balaban J connectivity index is 2.13. The average Bonchev–Trinajstić information content (AvgIpc) is 2.65. The van der Waals surface area contributed by atoms with Gasteiger partial charge in [-0.05, 0) is 25.1 Å². The molecule has 0 spiro atoms. The Morgan fingerprint density at radius 1 is 1.50 bits per heavy atom. The molecule has 16 heavy (non-hydrogen) atoms. The number of hydrogen-bond acceptors (Lipinski definition) is 3. The minimum atomic E-state index is -0.170. The van der Waals surface area contributed by atoms with E-state index in [1.54, 1.807) is 0 Å². The van der Waals surface area contributed by atoms with Crippen molar-refractivity contribution < 1.29 is 4.79 Å². The molecule has 1 aromatic heterocycles. The lowest BCUT2D eigenvalue weighted by Crippen LogP contribution is -2.11. The molecule has 82 valence electrons. The lowest BCUT2D eigenvalue weighted by molar-refractivity contribution is 0.102. The summed E-state index contributed by atoms with van der Waals surface area (Å²) in [6.45, 7) is 1.87. The first kappa shape index (κ1) is 11.3. The van der Waals surface area contributed by atoms with Crippen LogP contribution in [0, 0.1) is 6.92 Å². The van der Waals surface area contributed by atoms with E-state index in [9.17, 15) is 4.79 Å². The average molecular weight is 297 g/mol. The summed E-state index contributed by atoms with van der Waals surface area (Å²) < 4.78 is 0.931. The quantitative estimate of drug-likeness (QED) is 0.922. The van der Waals surface area contributed by atoms with Gasteiger partial charge in [0.1, 0.15) is 0 Å². The predicted molar refractivity (Wildman–Crippen MR) is 68.9 cm³/mol. The molecule has 5 heteroatoms. The Labute approximate surface area is 106 Å². The maximum atomic E-state index is 11.8. The van der Waals surface area contributed by atoms with Gasteiger partial charge in [-0.15, -0.1) is 11.3 Å². The molecule has 0 unspecified atom stereocenters. The molecule has 2 aromatic rings. The number of rotatable bonds is 2. The monoisotopic (exact) mass is 296 g/mol. The van der Waals surface area contributed by atoms with Gasteiger partial charge in [0.2, 0.25) is 0 Å². The Morgan fingerprint density at radius 3 is 2.94 bits per heavy atom. The summed E-state index contributed by atoms with van der Waals surface area (Å²) in [6.07, 6.45) is 0. The van der Waals surface area contributed by atoms with Crippen molar-refractivity contribution in [1.82, 2.24) is 4.98 Å². The van der Waals surface area contributed by atoms with E-state index >= 15 is 0 Å². The number of aromatic nitrogens is 1. The zero-order valence-corrected chi connectivity index (χ0v) is 10.9. The van der Waals surface area contributed by atoms with Crippen molar-refractivity contribution in [3.8, 4) is 0 Å². The molecule has 0 aliphatic heterocycles.